The van der Waals surface area contributed by atoms with Gasteiger partial charge in [-0.05, 0) is 49.9 Å². The Morgan fingerprint density at radius 1 is 1.33 bits per heavy atom. The summed E-state index contributed by atoms with van der Waals surface area (Å²) in [4.78, 5) is 4.67. The van der Waals surface area contributed by atoms with Gasteiger partial charge in [-0.15, -0.1) is 0 Å². The Morgan fingerprint density at radius 2 is 2.19 bits per heavy atom. The van der Waals surface area contributed by atoms with E-state index in [1.165, 1.54) is 37.8 Å². The number of aromatic nitrogens is 1. The van der Waals surface area contributed by atoms with Gasteiger partial charge in [0.05, 0.1) is 12.8 Å². The lowest BCUT2D eigenvalue weighted by Crippen LogP contribution is -2.32. The Balaban J connectivity index is 2.19. The van der Waals surface area contributed by atoms with Crippen molar-refractivity contribution < 1.29 is 4.74 Å². The minimum absolute atomic E-state index is 0.533. The Morgan fingerprint density at radius 3 is 2.90 bits per heavy atom. The third kappa shape index (κ3) is 4.19. The molecule has 1 aromatic heterocycles. The minimum Gasteiger partial charge on any atom is -0.495 e. The van der Waals surface area contributed by atoms with Gasteiger partial charge in [-0.1, -0.05) is 33.1 Å². The highest BCUT2D eigenvalue weighted by atomic mass is 16.5. The van der Waals surface area contributed by atoms with Gasteiger partial charge >= 0.3 is 0 Å². The second-order valence-electron chi connectivity index (χ2n) is 6.23. The summed E-state index contributed by atoms with van der Waals surface area (Å²) in [6.07, 6.45) is 8.48. The summed E-state index contributed by atoms with van der Waals surface area (Å²) in [7, 11) is 1.76. The van der Waals surface area contributed by atoms with Gasteiger partial charge in [-0.2, -0.15) is 0 Å². The van der Waals surface area contributed by atoms with Crippen LogP contribution in [-0.2, 0) is 0 Å². The lowest BCUT2D eigenvalue weighted by molar-refractivity contribution is 0.214. The summed E-state index contributed by atoms with van der Waals surface area (Å²) in [6, 6.07) is 4.02. The summed E-state index contributed by atoms with van der Waals surface area (Å²) in [6.45, 7) is 6.61. The summed E-state index contributed by atoms with van der Waals surface area (Å²) in [5.41, 5.74) is 1.17. The van der Waals surface area contributed by atoms with Gasteiger partial charge in [-0.25, -0.2) is 0 Å². The maximum Gasteiger partial charge on any atom is 0.140 e. The van der Waals surface area contributed by atoms with Crippen molar-refractivity contribution in [3.05, 3.63) is 24.0 Å². The van der Waals surface area contributed by atoms with Crippen LogP contribution in [0.4, 0.5) is 0 Å². The van der Waals surface area contributed by atoms with E-state index in [1.54, 1.807) is 7.11 Å². The maximum absolute atomic E-state index is 5.56. The summed E-state index contributed by atoms with van der Waals surface area (Å²) >= 11 is 0. The quantitative estimate of drug-likeness (QED) is 0.824. The lowest BCUT2D eigenvalue weighted by Gasteiger charge is -2.36. The van der Waals surface area contributed by atoms with Crippen LogP contribution in [0.15, 0.2) is 18.3 Å². The zero-order valence-corrected chi connectivity index (χ0v) is 13.8. The van der Waals surface area contributed by atoms with Crippen molar-refractivity contribution in [2.45, 2.75) is 51.9 Å². The van der Waals surface area contributed by atoms with Crippen LogP contribution in [0.1, 0.15) is 57.6 Å². The number of nitrogens with one attached hydrogen (secondary N) is 1. The average Bonchev–Trinajstić information content (AvgIpc) is 2.54. The largest absolute Gasteiger partial charge is 0.495 e. The zero-order chi connectivity index (χ0) is 15.1. The molecule has 118 valence electrons. The third-order valence-electron chi connectivity index (χ3n) is 4.83. The van der Waals surface area contributed by atoms with Crippen molar-refractivity contribution in [3.63, 3.8) is 0 Å². The van der Waals surface area contributed by atoms with Crippen LogP contribution in [0, 0.1) is 11.8 Å². The molecule has 3 nitrogen and oxygen atoms in total. The fourth-order valence-electron chi connectivity index (χ4n) is 3.75. The Labute approximate surface area is 129 Å². The number of ether oxygens (including phenoxy) is 1. The topological polar surface area (TPSA) is 34.2 Å². The first-order valence-corrected chi connectivity index (χ1v) is 8.49. The number of pyridine rings is 1. The number of hydrogen-bond acceptors (Lipinski definition) is 3. The molecular weight excluding hydrogens is 260 g/mol. The molecule has 1 fully saturated rings. The molecule has 1 aliphatic rings. The fraction of sp³-hybridized carbons (Fsp3) is 0.722. The highest BCUT2D eigenvalue weighted by molar-refractivity contribution is 5.31. The lowest BCUT2D eigenvalue weighted by atomic mass is 9.71. The molecule has 0 radical (unpaired) electrons. The molecule has 0 amide bonds. The number of rotatable bonds is 7. The summed E-state index contributed by atoms with van der Waals surface area (Å²) in [5.74, 6) is 3.03. The molecule has 1 N–H and O–H groups in total. The normalized spacial score (nSPS) is 25.8. The van der Waals surface area contributed by atoms with Crippen LogP contribution in [-0.4, -0.2) is 25.2 Å². The van der Waals surface area contributed by atoms with Crippen LogP contribution in [0.2, 0.25) is 0 Å². The predicted molar refractivity (Wildman–Crippen MR) is 87.8 cm³/mol. The molecule has 21 heavy (non-hydrogen) atoms. The molecule has 3 heteroatoms. The molecule has 3 unspecified atom stereocenters. The van der Waals surface area contributed by atoms with Crippen LogP contribution in [0.5, 0.6) is 5.75 Å². The second kappa shape index (κ2) is 8.38. The number of nitrogens with zero attached hydrogens (tertiary/aromatic N) is 1. The molecule has 3 atom stereocenters. The van der Waals surface area contributed by atoms with Crippen LogP contribution in [0.25, 0.3) is 0 Å². The molecule has 0 aliphatic heterocycles. The minimum atomic E-state index is 0.533. The van der Waals surface area contributed by atoms with Gasteiger partial charge < -0.3 is 10.1 Å². The van der Waals surface area contributed by atoms with E-state index in [1.807, 2.05) is 12.3 Å². The highest BCUT2D eigenvalue weighted by Gasteiger charge is 2.33. The first-order chi connectivity index (χ1) is 10.3. The Hall–Kier alpha value is -1.09. The molecule has 2 rings (SSSR count). The molecule has 0 spiro atoms. The third-order valence-corrected chi connectivity index (χ3v) is 4.83. The van der Waals surface area contributed by atoms with Crippen LogP contribution >= 0.6 is 0 Å². The number of hydrogen-bond donors (Lipinski definition) is 1. The highest BCUT2D eigenvalue weighted by Crippen LogP contribution is 2.43. The van der Waals surface area contributed by atoms with Gasteiger partial charge in [0.1, 0.15) is 5.75 Å². The van der Waals surface area contributed by atoms with Gasteiger partial charge in [0.15, 0.2) is 0 Å². The van der Waals surface area contributed by atoms with E-state index in [2.05, 4.69) is 30.2 Å². The smallest absolute Gasteiger partial charge is 0.140 e. The Bertz CT molecular complexity index is 421. The molecule has 0 saturated heterocycles. The summed E-state index contributed by atoms with van der Waals surface area (Å²) < 4.78 is 5.56. The van der Waals surface area contributed by atoms with E-state index in [9.17, 15) is 0 Å². The van der Waals surface area contributed by atoms with E-state index in [0.29, 0.717) is 11.8 Å². The maximum atomic E-state index is 5.56. The zero-order valence-electron chi connectivity index (χ0n) is 13.8. The van der Waals surface area contributed by atoms with Crippen LogP contribution in [0.3, 0.4) is 0 Å². The van der Waals surface area contributed by atoms with Gasteiger partial charge in [0.2, 0.25) is 0 Å². The van der Waals surface area contributed by atoms with Crippen molar-refractivity contribution in [3.8, 4) is 5.75 Å². The van der Waals surface area contributed by atoms with Gasteiger partial charge in [0, 0.05) is 12.1 Å². The van der Waals surface area contributed by atoms with E-state index >= 15 is 0 Å². The fourth-order valence-corrected chi connectivity index (χ4v) is 3.75. The van der Waals surface area contributed by atoms with Crippen LogP contribution < -0.4 is 10.1 Å². The first-order valence-electron chi connectivity index (χ1n) is 8.49. The molecular formula is C18H30N2O. The molecule has 0 aromatic carbocycles. The molecule has 1 heterocycles. The van der Waals surface area contributed by atoms with E-state index < -0.39 is 0 Å². The summed E-state index contributed by atoms with van der Waals surface area (Å²) in [5, 5.41) is 3.53. The second-order valence-corrected chi connectivity index (χ2v) is 6.23. The van der Waals surface area contributed by atoms with Crippen molar-refractivity contribution in [1.82, 2.24) is 10.3 Å². The average molecular weight is 290 g/mol. The predicted octanol–water partition coefficient (Wildman–Crippen LogP) is 4.00. The standard InChI is InChI=1S/C18H30N2O/c1-4-7-14-9-10-15(13-19-5-2)16(12-14)18-17(21-3)8-6-11-20-18/h6,8,11,14-16,19H,4-5,7,9-10,12-13H2,1-3H3. The van der Waals surface area contributed by atoms with Crippen molar-refractivity contribution in [2.75, 3.05) is 20.2 Å². The SMILES string of the molecule is CCCC1CCC(CNCC)C(c2ncccc2OC)C1. The number of methoxy groups -OCH3 is 1. The Kier molecular flexibility index (Phi) is 6.50. The van der Waals surface area contributed by atoms with E-state index in [-0.39, 0.29) is 0 Å². The molecule has 1 aromatic rings. The first kappa shape index (κ1) is 16.3. The molecule has 1 saturated carbocycles. The van der Waals surface area contributed by atoms with Crippen molar-refractivity contribution in [2.24, 2.45) is 11.8 Å². The van der Waals surface area contributed by atoms with Crippen molar-refractivity contribution >= 4 is 0 Å². The van der Waals surface area contributed by atoms with Crippen molar-refractivity contribution in [1.29, 1.82) is 0 Å². The van der Waals surface area contributed by atoms with E-state index in [0.717, 1.165) is 24.8 Å². The monoisotopic (exact) mass is 290 g/mol. The van der Waals surface area contributed by atoms with E-state index in [4.69, 9.17) is 4.74 Å². The molecule has 1 aliphatic carbocycles. The molecule has 0 bridgehead atoms. The van der Waals surface area contributed by atoms with Gasteiger partial charge in [0.25, 0.3) is 0 Å². The van der Waals surface area contributed by atoms with Gasteiger partial charge in [-0.3, -0.25) is 4.98 Å².